The summed E-state index contributed by atoms with van der Waals surface area (Å²) in [6.45, 7) is 4.12. The topological polar surface area (TPSA) is 42.2 Å². The molecule has 0 saturated heterocycles. The third kappa shape index (κ3) is 4.29. The molecule has 0 aliphatic heterocycles. The molecule has 0 aliphatic carbocycles. The SMILES string of the molecule is Cc1cc(/C=N/Nc2nc(-c3ccc(Br)cc3)cs2)c(C)n1-c1ccccc1Cl. The molecule has 0 bridgehead atoms. The van der Waals surface area contributed by atoms with Crippen molar-refractivity contribution >= 4 is 50.2 Å². The number of halogens is 2. The summed E-state index contributed by atoms with van der Waals surface area (Å²) in [6, 6.07) is 18.0. The van der Waals surface area contributed by atoms with Gasteiger partial charge in [-0.25, -0.2) is 4.98 Å². The molecule has 2 heterocycles. The number of hydrogen-bond acceptors (Lipinski definition) is 4. The summed E-state index contributed by atoms with van der Waals surface area (Å²) in [7, 11) is 0. The van der Waals surface area contributed by atoms with Crippen molar-refractivity contribution in [2.75, 3.05) is 5.43 Å². The van der Waals surface area contributed by atoms with Crippen LogP contribution in [-0.2, 0) is 0 Å². The highest BCUT2D eigenvalue weighted by atomic mass is 79.9. The maximum absolute atomic E-state index is 6.38. The highest BCUT2D eigenvalue weighted by Gasteiger charge is 2.11. The molecule has 0 spiro atoms. The van der Waals surface area contributed by atoms with Crippen molar-refractivity contribution in [1.29, 1.82) is 0 Å². The number of aromatic nitrogens is 2. The van der Waals surface area contributed by atoms with E-state index in [4.69, 9.17) is 11.6 Å². The van der Waals surface area contributed by atoms with Crippen molar-refractivity contribution < 1.29 is 0 Å². The third-order valence-electron chi connectivity index (χ3n) is 4.57. The molecule has 0 radical (unpaired) electrons. The van der Waals surface area contributed by atoms with E-state index in [0.717, 1.165) is 48.5 Å². The average molecular weight is 486 g/mol. The number of nitrogens with one attached hydrogen (secondary N) is 1. The zero-order valence-electron chi connectivity index (χ0n) is 15.9. The first kappa shape index (κ1) is 19.9. The summed E-state index contributed by atoms with van der Waals surface area (Å²) in [6.07, 6.45) is 1.82. The van der Waals surface area contributed by atoms with Crippen LogP contribution in [0.3, 0.4) is 0 Å². The van der Waals surface area contributed by atoms with E-state index in [1.165, 1.54) is 11.3 Å². The van der Waals surface area contributed by atoms with Gasteiger partial charge in [0.05, 0.1) is 22.6 Å². The van der Waals surface area contributed by atoms with Crippen molar-refractivity contribution in [2.24, 2.45) is 5.10 Å². The fraction of sp³-hybridized carbons (Fsp3) is 0.0909. The number of benzene rings is 2. The molecule has 4 nitrogen and oxygen atoms in total. The van der Waals surface area contributed by atoms with Gasteiger partial charge >= 0.3 is 0 Å². The summed E-state index contributed by atoms with van der Waals surface area (Å²) < 4.78 is 3.19. The van der Waals surface area contributed by atoms with Crippen LogP contribution in [0.2, 0.25) is 5.02 Å². The van der Waals surface area contributed by atoms with Crippen LogP contribution in [-0.4, -0.2) is 15.8 Å². The minimum atomic E-state index is 0.721. The minimum absolute atomic E-state index is 0.721. The zero-order valence-corrected chi connectivity index (χ0v) is 19.0. The molecular formula is C22H18BrClN4S. The van der Waals surface area contributed by atoms with Crippen molar-refractivity contribution in [3.63, 3.8) is 0 Å². The number of thiazole rings is 1. The second-order valence-corrected chi connectivity index (χ2v) is 8.71. The van der Waals surface area contributed by atoms with E-state index in [9.17, 15) is 0 Å². The van der Waals surface area contributed by atoms with Gasteiger partial charge in [0.15, 0.2) is 0 Å². The van der Waals surface area contributed by atoms with E-state index in [0.29, 0.717) is 0 Å². The monoisotopic (exact) mass is 484 g/mol. The van der Waals surface area contributed by atoms with E-state index < -0.39 is 0 Å². The van der Waals surface area contributed by atoms with Crippen LogP contribution in [0.15, 0.2) is 69.6 Å². The van der Waals surface area contributed by atoms with Gasteiger partial charge in [0.2, 0.25) is 5.13 Å². The molecule has 2 aromatic heterocycles. The van der Waals surface area contributed by atoms with Gasteiger partial charge < -0.3 is 4.57 Å². The van der Waals surface area contributed by atoms with Crippen LogP contribution in [0.4, 0.5) is 5.13 Å². The third-order valence-corrected chi connectivity index (χ3v) is 6.17. The van der Waals surface area contributed by atoms with Crippen LogP contribution in [0.25, 0.3) is 16.9 Å². The fourth-order valence-corrected chi connectivity index (χ4v) is 4.31. The molecule has 4 rings (SSSR count). The Labute approximate surface area is 187 Å². The first-order valence-electron chi connectivity index (χ1n) is 8.97. The molecule has 7 heteroatoms. The smallest absolute Gasteiger partial charge is 0.203 e. The fourth-order valence-electron chi connectivity index (χ4n) is 3.16. The highest BCUT2D eigenvalue weighted by Crippen LogP contribution is 2.27. The Morgan fingerprint density at radius 1 is 1.14 bits per heavy atom. The van der Waals surface area contributed by atoms with Gasteiger partial charge in [0, 0.05) is 32.4 Å². The van der Waals surface area contributed by atoms with Crippen LogP contribution in [0.1, 0.15) is 17.0 Å². The summed E-state index contributed by atoms with van der Waals surface area (Å²) in [5.74, 6) is 0. The molecule has 0 fully saturated rings. The summed E-state index contributed by atoms with van der Waals surface area (Å²) in [4.78, 5) is 4.60. The summed E-state index contributed by atoms with van der Waals surface area (Å²) in [5.41, 5.74) is 9.21. The molecule has 0 atom stereocenters. The van der Waals surface area contributed by atoms with E-state index in [1.54, 1.807) is 0 Å². The normalized spacial score (nSPS) is 11.3. The van der Waals surface area contributed by atoms with Gasteiger partial charge in [-0.05, 0) is 44.2 Å². The molecule has 29 heavy (non-hydrogen) atoms. The van der Waals surface area contributed by atoms with E-state index >= 15 is 0 Å². The Hall–Kier alpha value is -2.41. The Balaban J connectivity index is 1.52. The van der Waals surface area contributed by atoms with Crippen molar-refractivity contribution in [3.8, 4) is 16.9 Å². The van der Waals surface area contributed by atoms with Crippen LogP contribution >= 0.6 is 38.9 Å². The van der Waals surface area contributed by atoms with Gasteiger partial charge in [-0.15, -0.1) is 11.3 Å². The molecule has 146 valence electrons. The Morgan fingerprint density at radius 2 is 1.90 bits per heavy atom. The maximum atomic E-state index is 6.38. The number of anilines is 1. The maximum Gasteiger partial charge on any atom is 0.203 e. The number of nitrogens with zero attached hydrogens (tertiary/aromatic N) is 3. The van der Waals surface area contributed by atoms with Crippen LogP contribution in [0.5, 0.6) is 0 Å². The molecule has 0 saturated carbocycles. The van der Waals surface area contributed by atoms with Gasteiger partial charge in [-0.2, -0.15) is 5.10 Å². The average Bonchev–Trinajstić information content (AvgIpc) is 3.28. The second kappa shape index (κ2) is 8.53. The quantitative estimate of drug-likeness (QED) is 0.242. The lowest BCUT2D eigenvalue weighted by atomic mass is 10.2. The van der Waals surface area contributed by atoms with E-state index in [2.05, 4.69) is 55.9 Å². The number of aryl methyl sites for hydroxylation is 1. The lowest BCUT2D eigenvalue weighted by Gasteiger charge is -2.11. The number of hydrogen-bond donors (Lipinski definition) is 1. The first-order valence-corrected chi connectivity index (χ1v) is 11.0. The molecular weight excluding hydrogens is 468 g/mol. The highest BCUT2D eigenvalue weighted by molar-refractivity contribution is 9.10. The number of hydrazone groups is 1. The van der Waals surface area contributed by atoms with Crippen molar-refractivity contribution in [3.05, 3.63) is 86.4 Å². The minimum Gasteiger partial charge on any atom is -0.316 e. The van der Waals surface area contributed by atoms with Gasteiger partial charge in [0.25, 0.3) is 0 Å². The van der Waals surface area contributed by atoms with Crippen molar-refractivity contribution in [1.82, 2.24) is 9.55 Å². The van der Waals surface area contributed by atoms with Gasteiger partial charge in [-0.3, -0.25) is 5.43 Å². The number of rotatable bonds is 5. The lowest BCUT2D eigenvalue weighted by molar-refractivity contribution is 0.965. The zero-order chi connectivity index (χ0) is 20.4. The van der Waals surface area contributed by atoms with Crippen LogP contribution < -0.4 is 5.43 Å². The molecule has 0 aliphatic rings. The molecule has 0 unspecified atom stereocenters. The molecule has 1 N–H and O–H groups in total. The molecule has 2 aromatic carbocycles. The molecule has 4 aromatic rings. The largest absolute Gasteiger partial charge is 0.316 e. The van der Waals surface area contributed by atoms with Gasteiger partial charge in [-0.1, -0.05) is 51.8 Å². The first-order chi connectivity index (χ1) is 14.0. The second-order valence-electron chi connectivity index (χ2n) is 6.53. The Kier molecular flexibility index (Phi) is 5.85. The van der Waals surface area contributed by atoms with Gasteiger partial charge in [0.1, 0.15) is 0 Å². The Bertz CT molecular complexity index is 1180. The Morgan fingerprint density at radius 3 is 2.66 bits per heavy atom. The molecule has 0 amide bonds. The summed E-state index contributed by atoms with van der Waals surface area (Å²) in [5, 5.41) is 7.87. The summed E-state index contributed by atoms with van der Waals surface area (Å²) >= 11 is 11.4. The van der Waals surface area contributed by atoms with Crippen LogP contribution in [0, 0.1) is 13.8 Å². The van der Waals surface area contributed by atoms with Crippen molar-refractivity contribution in [2.45, 2.75) is 13.8 Å². The van der Waals surface area contributed by atoms with E-state index in [-0.39, 0.29) is 0 Å². The number of para-hydroxylation sites is 1. The lowest BCUT2D eigenvalue weighted by Crippen LogP contribution is -2.00. The predicted octanol–water partition coefficient (Wildman–Crippen LogP) is 7.08. The predicted molar refractivity (Wildman–Crippen MR) is 127 cm³/mol. The standard InChI is InChI=1S/C22H18BrClN4S/c1-14-11-17(15(2)28(14)21-6-4-3-5-19(21)24)12-25-27-22-26-20(13-29-22)16-7-9-18(23)10-8-16/h3-13H,1-2H3,(H,26,27)/b25-12+. The van der Waals surface area contributed by atoms with E-state index in [1.807, 2.05) is 60.1 Å².